The van der Waals surface area contributed by atoms with Crippen molar-refractivity contribution in [2.45, 2.75) is 0 Å². The number of carbonyl (C=O) groups excluding carboxylic acids is 1. The molecule has 0 saturated heterocycles. The van der Waals surface area contributed by atoms with Gasteiger partial charge in [0.05, 0.1) is 16.1 Å². The number of rotatable bonds is 8. The van der Waals surface area contributed by atoms with Gasteiger partial charge in [0.1, 0.15) is 17.4 Å². The molecule has 0 spiro atoms. The third-order valence-corrected chi connectivity index (χ3v) is 5.92. The monoisotopic (exact) mass is 485 g/mol. The Hall–Kier alpha value is -4.52. The number of ether oxygens (including phenoxy) is 2. The highest BCUT2D eigenvalue weighted by Crippen LogP contribution is 2.37. The van der Waals surface area contributed by atoms with E-state index in [1.807, 2.05) is 0 Å². The second kappa shape index (κ2) is 10.6. The molecule has 0 bridgehead atoms. The number of nitrogens with one attached hydrogen (secondary N) is 1. The van der Waals surface area contributed by atoms with Crippen molar-refractivity contribution < 1.29 is 24.2 Å². The van der Waals surface area contributed by atoms with Crippen LogP contribution in [0.15, 0.2) is 72.1 Å². The third kappa shape index (κ3) is 5.04. The van der Waals surface area contributed by atoms with Crippen LogP contribution in [0.4, 0.5) is 5.82 Å². The Morgan fingerprint density at radius 3 is 2.49 bits per heavy atom. The molecule has 2 aromatic carbocycles. The summed E-state index contributed by atoms with van der Waals surface area (Å²) in [6, 6.07) is 20.6. The zero-order valence-electron chi connectivity index (χ0n) is 18.5. The highest BCUT2D eigenvalue weighted by atomic mass is 32.1. The van der Waals surface area contributed by atoms with Gasteiger partial charge in [-0.15, -0.1) is 11.3 Å². The van der Waals surface area contributed by atoms with E-state index in [-0.39, 0.29) is 23.7 Å². The number of aromatic carboxylic acids is 1. The normalized spacial score (nSPS) is 10.4. The fourth-order valence-corrected chi connectivity index (χ4v) is 4.13. The number of carboxylic acids is 1. The molecule has 2 aromatic heterocycles. The minimum Gasteiger partial charge on any atom is -0.478 e. The lowest BCUT2D eigenvalue weighted by Crippen LogP contribution is -2.14. The molecule has 2 N–H and O–H groups in total. The molecule has 4 aromatic rings. The minimum absolute atomic E-state index is 0.00394. The van der Waals surface area contributed by atoms with Gasteiger partial charge in [0, 0.05) is 18.2 Å². The summed E-state index contributed by atoms with van der Waals surface area (Å²) in [6.07, 6.45) is 0. The molecule has 174 valence electrons. The Labute approximate surface area is 205 Å². The largest absolute Gasteiger partial charge is 0.478 e. The van der Waals surface area contributed by atoms with Gasteiger partial charge in [0.2, 0.25) is 0 Å². The van der Waals surface area contributed by atoms with Crippen LogP contribution in [0.3, 0.4) is 0 Å². The van der Waals surface area contributed by atoms with Gasteiger partial charge in [0.15, 0.2) is 12.6 Å². The second-order valence-corrected chi connectivity index (χ2v) is 8.17. The van der Waals surface area contributed by atoms with Crippen molar-refractivity contribution in [3.8, 4) is 34.2 Å². The first kappa shape index (κ1) is 23.6. The van der Waals surface area contributed by atoms with Crippen LogP contribution >= 0.6 is 11.3 Å². The fraction of sp³-hybridized carbons (Fsp3) is 0.0769. The quantitative estimate of drug-likeness (QED) is 0.326. The number of anilines is 1. The maximum absolute atomic E-state index is 12.8. The summed E-state index contributed by atoms with van der Waals surface area (Å²) in [4.78, 5) is 29.8. The van der Waals surface area contributed by atoms with Gasteiger partial charge in [0.25, 0.3) is 5.91 Å². The number of para-hydroxylation sites is 1. The van der Waals surface area contributed by atoms with Gasteiger partial charge < -0.3 is 19.9 Å². The molecule has 0 aliphatic heterocycles. The summed E-state index contributed by atoms with van der Waals surface area (Å²) in [5.41, 5.74) is 1.66. The van der Waals surface area contributed by atoms with E-state index in [0.717, 1.165) is 0 Å². The van der Waals surface area contributed by atoms with Gasteiger partial charge in [-0.25, -0.2) is 9.78 Å². The molecular weight excluding hydrogens is 466 g/mol. The van der Waals surface area contributed by atoms with Gasteiger partial charge in [-0.2, -0.15) is 5.26 Å². The van der Waals surface area contributed by atoms with Crippen LogP contribution in [0.25, 0.3) is 22.4 Å². The highest BCUT2D eigenvalue weighted by molar-refractivity contribution is 7.12. The number of methoxy groups -OCH3 is 1. The first-order valence-corrected chi connectivity index (χ1v) is 11.2. The number of hydrogen-bond donors (Lipinski definition) is 2. The zero-order valence-corrected chi connectivity index (χ0v) is 19.3. The Kier molecular flexibility index (Phi) is 7.16. The average molecular weight is 486 g/mol. The number of pyridine rings is 1. The Bertz CT molecular complexity index is 1430. The second-order valence-electron chi connectivity index (χ2n) is 7.22. The maximum Gasteiger partial charge on any atom is 0.336 e. The van der Waals surface area contributed by atoms with E-state index in [0.29, 0.717) is 33.0 Å². The van der Waals surface area contributed by atoms with Crippen LogP contribution in [0.5, 0.6) is 5.75 Å². The van der Waals surface area contributed by atoms with Crippen LogP contribution in [0.2, 0.25) is 0 Å². The van der Waals surface area contributed by atoms with Gasteiger partial charge >= 0.3 is 5.97 Å². The van der Waals surface area contributed by atoms with E-state index in [1.54, 1.807) is 66.0 Å². The van der Waals surface area contributed by atoms with Gasteiger partial charge in [-0.05, 0) is 41.3 Å². The molecule has 0 aliphatic carbocycles. The van der Waals surface area contributed by atoms with Crippen LogP contribution in [0, 0.1) is 11.3 Å². The molecule has 0 saturated carbocycles. The molecule has 2 heterocycles. The van der Waals surface area contributed by atoms with Crippen molar-refractivity contribution in [2.24, 2.45) is 0 Å². The number of nitrogens with zero attached hydrogens (tertiary/aromatic N) is 2. The first-order valence-electron chi connectivity index (χ1n) is 10.4. The minimum atomic E-state index is -1.14. The average Bonchev–Trinajstić information content (AvgIpc) is 3.42. The predicted octanol–water partition coefficient (Wildman–Crippen LogP) is 5.28. The highest BCUT2D eigenvalue weighted by Gasteiger charge is 2.22. The molecule has 0 unspecified atom stereocenters. The number of thiophene rings is 1. The van der Waals surface area contributed by atoms with E-state index < -0.39 is 11.9 Å². The summed E-state index contributed by atoms with van der Waals surface area (Å²) in [5, 5.41) is 24.3. The third-order valence-electron chi connectivity index (χ3n) is 5.05. The van der Waals surface area contributed by atoms with E-state index in [2.05, 4.69) is 16.4 Å². The summed E-state index contributed by atoms with van der Waals surface area (Å²) >= 11 is 1.25. The lowest BCUT2D eigenvalue weighted by molar-refractivity contribution is 0.0515. The van der Waals surface area contributed by atoms with E-state index in [9.17, 15) is 20.0 Å². The number of amides is 1. The van der Waals surface area contributed by atoms with Gasteiger partial charge in [-0.1, -0.05) is 36.4 Å². The number of benzene rings is 2. The van der Waals surface area contributed by atoms with Crippen LogP contribution in [-0.4, -0.2) is 35.9 Å². The van der Waals surface area contributed by atoms with E-state index in [1.165, 1.54) is 24.5 Å². The molecule has 8 nitrogen and oxygen atoms in total. The number of carboxylic acid groups (broad SMARTS) is 1. The molecular formula is C26H19N3O5S. The molecule has 0 fully saturated rings. The van der Waals surface area contributed by atoms with Crippen molar-refractivity contribution in [2.75, 3.05) is 19.2 Å². The number of aromatic nitrogens is 1. The Balaban J connectivity index is 1.95. The lowest BCUT2D eigenvalue weighted by atomic mass is 9.94. The van der Waals surface area contributed by atoms with Crippen molar-refractivity contribution in [1.82, 2.24) is 4.98 Å². The molecule has 0 radical (unpaired) electrons. The number of hydrogen-bond acceptors (Lipinski definition) is 7. The van der Waals surface area contributed by atoms with Crippen molar-refractivity contribution >= 4 is 29.0 Å². The molecule has 1 amide bonds. The SMILES string of the molecule is COCOc1ccccc1-c1cc(-c2ccccc2C(=O)O)c(C#N)c(NC(=O)c2cccs2)n1. The molecule has 0 atom stereocenters. The van der Waals surface area contributed by atoms with Crippen molar-refractivity contribution in [3.05, 3.63) is 88.1 Å². The molecule has 0 aliphatic rings. The Morgan fingerprint density at radius 2 is 1.80 bits per heavy atom. The van der Waals surface area contributed by atoms with Crippen LogP contribution < -0.4 is 10.1 Å². The van der Waals surface area contributed by atoms with Gasteiger partial charge in [-0.3, -0.25) is 4.79 Å². The maximum atomic E-state index is 12.8. The summed E-state index contributed by atoms with van der Waals surface area (Å²) in [5.74, 6) is -1.09. The lowest BCUT2D eigenvalue weighted by Gasteiger charge is -2.16. The number of nitriles is 1. The molecule has 35 heavy (non-hydrogen) atoms. The smallest absolute Gasteiger partial charge is 0.336 e. The summed E-state index contributed by atoms with van der Waals surface area (Å²) in [6.45, 7) is 0.00394. The van der Waals surface area contributed by atoms with Crippen LogP contribution in [0.1, 0.15) is 25.6 Å². The standard InChI is InChI=1S/C26H19N3O5S/c1-33-15-34-22-10-5-4-9-18(22)21-13-19(16-7-2-3-8-17(16)26(31)32)20(14-27)24(28-21)29-25(30)23-11-6-12-35-23/h2-13H,15H2,1H3,(H,31,32)(H,28,29,30). The predicted molar refractivity (Wildman–Crippen MR) is 132 cm³/mol. The van der Waals surface area contributed by atoms with Crippen molar-refractivity contribution in [3.63, 3.8) is 0 Å². The Morgan fingerprint density at radius 1 is 1.06 bits per heavy atom. The topological polar surface area (TPSA) is 122 Å². The van der Waals surface area contributed by atoms with E-state index >= 15 is 0 Å². The van der Waals surface area contributed by atoms with Crippen molar-refractivity contribution in [1.29, 1.82) is 5.26 Å². The number of carbonyl (C=O) groups is 2. The first-order chi connectivity index (χ1) is 17.0. The summed E-state index contributed by atoms with van der Waals surface area (Å²) < 4.78 is 10.7. The zero-order chi connectivity index (χ0) is 24.8. The fourth-order valence-electron chi connectivity index (χ4n) is 3.51. The molecule has 4 rings (SSSR count). The van der Waals surface area contributed by atoms with E-state index in [4.69, 9.17) is 9.47 Å². The van der Waals surface area contributed by atoms with Crippen LogP contribution in [-0.2, 0) is 4.74 Å². The summed E-state index contributed by atoms with van der Waals surface area (Å²) in [7, 11) is 1.50. The molecule has 9 heteroatoms.